The van der Waals surface area contributed by atoms with Gasteiger partial charge >= 0.3 is 0 Å². The van der Waals surface area contributed by atoms with E-state index in [2.05, 4.69) is 255 Å². The van der Waals surface area contributed by atoms with Gasteiger partial charge in [0.15, 0.2) is 0 Å². The highest BCUT2D eigenvalue weighted by molar-refractivity contribution is 7.04. The quantitative estimate of drug-likeness (QED) is 0.141. The Kier molecular flexibility index (Phi) is 7.70. The summed E-state index contributed by atoms with van der Waals surface area (Å²) in [6, 6.07) is 80.7. The average molecular weight is 1170 g/mol. The molecule has 12 heterocycles. The molecule has 0 bridgehead atoms. The number of hydrogen-bond acceptors (Lipinski definition) is 6. The summed E-state index contributed by atoms with van der Waals surface area (Å²) in [4.78, 5) is 5.03. The molecule has 0 saturated carbocycles. The fraction of sp³-hybridized carbons (Fsp3) is 0.0250. The number of anilines is 4. The van der Waals surface area contributed by atoms with Crippen LogP contribution in [-0.4, -0.2) is 47.4 Å². The van der Waals surface area contributed by atoms with E-state index >= 15 is 0 Å². The van der Waals surface area contributed by atoms with E-state index in [0.29, 0.717) is 0 Å². The van der Waals surface area contributed by atoms with Crippen molar-refractivity contribution in [2.45, 2.75) is 0 Å². The summed E-state index contributed by atoms with van der Waals surface area (Å²) in [5.41, 5.74) is 25.5. The predicted octanol–water partition coefficient (Wildman–Crippen LogP) is 13.3. The van der Waals surface area contributed by atoms with E-state index in [9.17, 15) is 0 Å². The van der Waals surface area contributed by atoms with Gasteiger partial charge in [-0.3, -0.25) is 0 Å². The zero-order chi connectivity index (χ0) is 59.2. The van der Waals surface area contributed by atoms with Crippen molar-refractivity contribution in [3.8, 4) is 46.0 Å². The maximum Gasteiger partial charge on any atom is 0.260 e. The second-order valence-corrected chi connectivity index (χ2v) is 26.5. The fourth-order valence-corrected chi connectivity index (χ4v) is 19.3. The molecule has 6 aliphatic heterocycles. The van der Waals surface area contributed by atoms with Crippen molar-refractivity contribution in [1.82, 2.24) is 13.2 Å². The summed E-state index contributed by atoms with van der Waals surface area (Å²) < 4.78 is 37.8. The molecule has 0 fully saturated rings. The van der Waals surface area contributed by atoms with Crippen molar-refractivity contribution in [3.05, 3.63) is 218 Å². The van der Waals surface area contributed by atoms with E-state index in [1.54, 1.807) is 0 Å². The van der Waals surface area contributed by atoms with E-state index < -0.39 is 0 Å². The number of nitrogens with zero attached hydrogens (tertiary/aromatic N) is 5. The van der Waals surface area contributed by atoms with Crippen molar-refractivity contribution in [2.75, 3.05) is 23.9 Å². The topological polar surface area (TPSA) is 56.6 Å². The molecular formula is C80H42B3N5O4. The van der Waals surface area contributed by atoms with Gasteiger partial charge in [-0.1, -0.05) is 158 Å². The van der Waals surface area contributed by atoms with E-state index in [1.165, 1.54) is 76.6 Å². The second-order valence-electron chi connectivity index (χ2n) is 26.5. The lowest BCUT2D eigenvalue weighted by atomic mass is 9.29. The molecule has 0 N–H and O–H groups in total. The minimum Gasteiger partial charge on any atom is -0.458 e. The molecule has 0 spiro atoms. The number of hydrogen-bond donors (Lipinski definition) is 0. The molecule has 0 unspecified atom stereocenters. The minimum atomic E-state index is -0.245. The van der Waals surface area contributed by atoms with Crippen molar-refractivity contribution in [2.24, 2.45) is 0 Å². The first-order valence-corrected chi connectivity index (χ1v) is 32.0. The molecule has 13 aromatic carbocycles. The van der Waals surface area contributed by atoms with Crippen molar-refractivity contribution in [1.29, 1.82) is 0 Å². The molecule has 19 aromatic rings. The highest BCUT2D eigenvalue weighted by Gasteiger charge is 2.51. The molecule has 6 aromatic heterocycles. The Labute approximate surface area is 523 Å². The van der Waals surface area contributed by atoms with E-state index in [0.717, 1.165) is 156 Å². The van der Waals surface area contributed by atoms with E-state index in [4.69, 9.17) is 18.9 Å². The van der Waals surface area contributed by atoms with Crippen LogP contribution in [0.4, 0.5) is 22.7 Å². The Hall–Kier alpha value is -11.7. The minimum absolute atomic E-state index is 0.216. The van der Waals surface area contributed by atoms with Crippen molar-refractivity contribution < 1.29 is 18.9 Å². The Balaban J connectivity index is 0.817. The molecular weight excluding hydrogens is 1130 g/mol. The Morgan fingerprint density at radius 3 is 0.902 bits per heavy atom. The largest absolute Gasteiger partial charge is 0.458 e. The van der Waals surface area contributed by atoms with E-state index in [1.807, 2.05) is 0 Å². The summed E-state index contributed by atoms with van der Waals surface area (Å²) in [5.74, 6) is 6.91. The zero-order valence-corrected chi connectivity index (χ0v) is 49.4. The molecule has 0 amide bonds. The lowest BCUT2D eigenvalue weighted by molar-refractivity contribution is 0.471. The summed E-state index contributed by atoms with van der Waals surface area (Å²) >= 11 is 0. The van der Waals surface area contributed by atoms with Crippen LogP contribution in [0.5, 0.6) is 46.0 Å². The zero-order valence-electron chi connectivity index (χ0n) is 49.4. The van der Waals surface area contributed by atoms with Gasteiger partial charge in [0.1, 0.15) is 46.0 Å². The Morgan fingerprint density at radius 2 is 0.543 bits per heavy atom. The van der Waals surface area contributed by atoms with Gasteiger partial charge in [0.2, 0.25) is 0 Å². The van der Waals surface area contributed by atoms with Crippen LogP contribution in [0.3, 0.4) is 0 Å². The van der Waals surface area contributed by atoms with Gasteiger partial charge in [0.05, 0.1) is 71.2 Å². The predicted molar refractivity (Wildman–Crippen MR) is 379 cm³/mol. The van der Waals surface area contributed by atoms with E-state index in [-0.39, 0.29) is 20.1 Å². The lowest BCUT2D eigenvalue weighted by Crippen LogP contribution is -2.65. The van der Waals surface area contributed by atoms with Crippen LogP contribution >= 0.6 is 0 Å². The monoisotopic (exact) mass is 1170 g/mol. The molecule has 0 atom stereocenters. The average Bonchev–Trinajstić information content (AvgIpc) is 1.38. The standard InChI is InChI=1S/C80H42B3N5O4/c1-84-57-37-61-49(81-45-25-9-17-33-59(45)89-77-65-41-21-5-13-29-53(41)87-55-31-15-7-23-43(55)67(73(65)87)79(91-61)70(77)81)35-47(57)83-48-36-50-62(38-58(48)85(2)76-64-40-20-4-12-28-52(40)86-51-27-11-3-19-39(51)63(72(64)86)75(84)69(76)83)92-80-68-44-24-8-16-32-56(44)88-54-30-14-6-22-42(54)66(74(68)88)78-71(80)82(50)46-26-10-18-34-60(46)90-78/h3-38H,1-2H3. The highest BCUT2D eigenvalue weighted by Crippen LogP contribution is 2.56. The van der Waals surface area contributed by atoms with Crippen LogP contribution in [0.2, 0.25) is 0 Å². The first-order chi connectivity index (χ1) is 45.6. The molecule has 420 valence electrons. The maximum absolute atomic E-state index is 7.81. The van der Waals surface area contributed by atoms with Crippen LogP contribution in [0, 0.1) is 0 Å². The van der Waals surface area contributed by atoms with Crippen molar-refractivity contribution >= 4 is 206 Å². The molecule has 12 heteroatoms. The first kappa shape index (κ1) is 46.4. The van der Waals surface area contributed by atoms with Crippen molar-refractivity contribution in [3.63, 3.8) is 0 Å². The molecule has 0 saturated heterocycles. The molecule has 9 nitrogen and oxygen atoms in total. The van der Waals surface area contributed by atoms with Gasteiger partial charge in [-0.2, -0.15) is 0 Å². The van der Waals surface area contributed by atoms with Crippen LogP contribution in [0.15, 0.2) is 218 Å². The van der Waals surface area contributed by atoms with Gasteiger partial charge in [0.25, 0.3) is 20.1 Å². The van der Waals surface area contributed by atoms with Crippen LogP contribution in [0.1, 0.15) is 0 Å². The summed E-state index contributed by atoms with van der Waals surface area (Å²) in [6.07, 6.45) is 0. The van der Waals surface area contributed by atoms with Gasteiger partial charge in [0, 0.05) is 103 Å². The third kappa shape index (κ3) is 4.92. The normalized spacial score (nSPS) is 14.7. The summed E-state index contributed by atoms with van der Waals surface area (Å²) in [6.45, 7) is -0.677. The highest BCUT2D eigenvalue weighted by atomic mass is 16.5. The van der Waals surface area contributed by atoms with Gasteiger partial charge < -0.3 is 41.9 Å². The third-order valence-electron chi connectivity index (χ3n) is 22.6. The van der Waals surface area contributed by atoms with Gasteiger partial charge in [-0.05, 0) is 86.8 Å². The number of para-hydroxylation sites is 8. The van der Waals surface area contributed by atoms with Gasteiger partial charge in [-0.25, -0.2) is 0 Å². The smallest absolute Gasteiger partial charge is 0.260 e. The molecule has 0 aliphatic carbocycles. The lowest BCUT2D eigenvalue weighted by Gasteiger charge is -2.44. The number of benzene rings is 13. The Morgan fingerprint density at radius 1 is 0.261 bits per heavy atom. The van der Waals surface area contributed by atoms with Gasteiger partial charge in [-0.15, -0.1) is 0 Å². The number of aromatic nitrogens is 3. The number of ether oxygens (including phenoxy) is 4. The molecule has 25 rings (SSSR count). The summed E-state index contributed by atoms with van der Waals surface area (Å²) in [5, 5.41) is 14.1. The van der Waals surface area contributed by atoms with Crippen LogP contribution in [0.25, 0.3) is 114 Å². The SMILES string of the molecule is CN1c2cc3c(cc2B2c4cc5c(cc4N(C)c4c2c1c1c2ccccc2n2c6ccccc6c4c12)Oc1c2c(c4c6ccccc6n6c7ccccc7c1c46)Oc1ccccc1B52)B1c2ccccc2Oc2c1c(c1c4ccccc4n4c5ccccc5c2c14)O3. The third-order valence-corrected chi connectivity index (χ3v) is 22.6. The first-order valence-electron chi connectivity index (χ1n) is 32.0. The summed E-state index contributed by atoms with van der Waals surface area (Å²) in [7, 11) is 4.61. The van der Waals surface area contributed by atoms with Crippen LogP contribution in [-0.2, 0) is 0 Å². The number of fused-ring (bicyclic) bond motifs is 36. The Bertz CT molecular complexity index is 6400. The maximum atomic E-state index is 7.81. The molecule has 6 aliphatic rings. The second kappa shape index (κ2) is 15.3. The molecule has 92 heavy (non-hydrogen) atoms. The van der Waals surface area contributed by atoms with Crippen LogP contribution < -0.4 is 77.9 Å². The fourth-order valence-electron chi connectivity index (χ4n) is 19.3. The number of rotatable bonds is 0. The molecule has 0 radical (unpaired) electrons.